The summed E-state index contributed by atoms with van der Waals surface area (Å²) in [5, 5.41) is 20.5. The van der Waals surface area contributed by atoms with Crippen LogP contribution in [0.4, 0.5) is 11.5 Å². The Hall–Kier alpha value is -1.80. The molecule has 1 rings (SSSR count). The number of anilines is 2. The number of nitrogen functional groups attached to an aromatic ring is 1. The molecule has 0 fully saturated rings. The van der Waals surface area contributed by atoms with Gasteiger partial charge in [-0.05, 0) is 25.8 Å². The van der Waals surface area contributed by atoms with Crippen molar-refractivity contribution in [3.63, 3.8) is 0 Å². The van der Waals surface area contributed by atoms with Crippen LogP contribution in [0.15, 0.2) is 12.3 Å². The first-order chi connectivity index (χ1) is 7.67. The van der Waals surface area contributed by atoms with Crippen molar-refractivity contribution in [3.8, 4) is 6.07 Å². The van der Waals surface area contributed by atoms with E-state index in [9.17, 15) is 0 Å². The summed E-state index contributed by atoms with van der Waals surface area (Å²) in [5.74, 6) is 0.587. The highest BCUT2D eigenvalue weighted by molar-refractivity contribution is 5.63. The first-order valence-electron chi connectivity index (χ1n) is 5.20. The molecule has 5 heteroatoms. The highest BCUT2D eigenvalue weighted by Gasteiger charge is 2.06. The third kappa shape index (κ3) is 3.41. The molecule has 0 radical (unpaired) electrons. The van der Waals surface area contributed by atoms with E-state index in [-0.39, 0.29) is 12.6 Å². The lowest BCUT2D eigenvalue weighted by molar-refractivity contribution is 0.282. The second kappa shape index (κ2) is 5.93. The summed E-state index contributed by atoms with van der Waals surface area (Å²) in [6, 6.07) is 3.76. The molecule has 5 nitrogen and oxygen atoms in total. The number of nitrogens with two attached hydrogens (primary N) is 1. The largest absolute Gasteiger partial charge is 0.396 e. The molecule has 1 aromatic rings. The van der Waals surface area contributed by atoms with Gasteiger partial charge in [0.15, 0.2) is 0 Å². The summed E-state index contributed by atoms with van der Waals surface area (Å²) in [5.41, 5.74) is 6.67. The number of pyridine rings is 1. The molecular formula is C11H16N4O. The zero-order chi connectivity index (χ0) is 12.0. The predicted octanol–water partition coefficient (Wildman–Crippen LogP) is 1.11. The normalized spacial score (nSPS) is 11.8. The highest BCUT2D eigenvalue weighted by Crippen LogP contribution is 2.17. The molecule has 1 heterocycles. The van der Waals surface area contributed by atoms with Gasteiger partial charge >= 0.3 is 0 Å². The summed E-state index contributed by atoms with van der Waals surface area (Å²) >= 11 is 0. The van der Waals surface area contributed by atoms with Crippen LogP contribution in [0, 0.1) is 11.3 Å². The number of nitriles is 1. The molecule has 1 unspecified atom stereocenters. The van der Waals surface area contributed by atoms with Crippen LogP contribution in [0.25, 0.3) is 0 Å². The maximum atomic E-state index is 8.70. The minimum Gasteiger partial charge on any atom is -0.396 e. The number of aliphatic hydroxyl groups excluding tert-OH is 1. The van der Waals surface area contributed by atoms with Gasteiger partial charge in [0.25, 0.3) is 0 Å². The second-order valence-electron chi connectivity index (χ2n) is 3.68. The Labute approximate surface area is 94.9 Å². The molecule has 4 N–H and O–H groups in total. The van der Waals surface area contributed by atoms with Crippen LogP contribution in [0.3, 0.4) is 0 Å². The van der Waals surface area contributed by atoms with Gasteiger partial charge in [0.2, 0.25) is 0 Å². The molecule has 0 aliphatic heterocycles. The molecule has 1 atom stereocenters. The quantitative estimate of drug-likeness (QED) is 0.690. The molecule has 0 amide bonds. The van der Waals surface area contributed by atoms with E-state index in [2.05, 4.69) is 10.3 Å². The Kier molecular flexibility index (Phi) is 4.55. The van der Waals surface area contributed by atoms with Gasteiger partial charge < -0.3 is 16.2 Å². The van der Waals surface area contributed by atoms with Gasteiger partial charge in [-0.25, -0.2) is 4.98 Å². The van der Waals surface area contributed by atoms with Crippen molar-refractivity contribution >= 4 is 11.5 Å². The number of nitrogens with zero attached hydrogens (tertiary/aromatic N) is 2. The monoisotopic (exact) mass is 220 g/mol. The molecule has 0 bridgehead atoms. The molecule has 1 aromatic heterocycles. The van der Waals surface area contributed by atoms with E-state index in [0.29, 0.717) is 17.1 Å². The van der Waals surface area contributed by atoms with Crippen LogP contribution in [-0.4, -0.2) is 22.7 Å². The van der Waals surface area contributed by atoms with Crippen molar-refractivity contribution in [3.05, 3.63) is 17.8 Å². The number of aliphatic hydroxyl groups is 1. The summed E-state index contributed by atoms with van der Waals surface area (Å²) in [4.78, 5) is 4.08. The van der Waals surface area contributed by atoms with Gasteiger partial charge in [-0.1, -0.05) is 0 Å². The lowest BCUT2D eigenvalue weighted by Gasteiger charge is -2.15. The zero-order valence-corrected chi connectivity index (χ0v) is 9.27. The van der Waals surface area contributed by atoms with Gasteiger partial charge in [0.1, 0.15) is 11.9 Å². The van der Waals surface area contributed by atoms with E-state index in [1.807, 2.05) is 13.0 Å². The lowest BCUT2D eigenvalue weighted by Crippen LogP contribution is -2.17. The van der Waals surface area contributed by atoms with E-state index in [4.69, 9.17) is 16.1 Å². The van der Waals surface area contributed by atoms with E-state index in [0.717, 1.165) is 12.8 Å². The fourth-order valence-electron chi connectivity index (χ4n) is 1.37. The fraction of sp³-hybridized carbons (Fsp3) is 0.455. The number of aromatic nitrogens is 1. The first-order valence-corrected chi connectivity index (χ1v) is 5.20. The Morgan fingerprint density at radius 3 is 3.00 bits per heavy atom. The average Bonchev–Trinajstić information content (AvgIpc) is 2.29. The van der Waals surface area contributed by atoms with E-state index >= 15 is 0 Å². The predicted molar refractivity (Wildman–Crippen MR) is 62.8 cm³/mol. The van der Waals surface area contributed by atoms with Crippen LogP contribution in [0.5, 0.6) is 0 Å². The molecular weight excluding hydrogens is 204 g/mol. The standard InChI is InChI=1S/C11H16N4O/c1-8(3-2-4-16)15-11-10(13)5-9(6-12)7-14-11/h5,7-8,16H,2-4,13H2,1H3,(H,14,15). The Bertz CT molecular complexity index is 386. The first kappa shape index (κ1) is 12.3. The molecule has 0 saturated carbocycles. The van der Waals surface area contributed by atoms with Gasteiger partial charge in [-0.2, -0.15) is 5.26 Å². The van der Waals surface area contributed by atoms with Crippen molar-refractivity contribution in [2.24, 2.45) is 0 Å². The molecule has 16 heavy (non-hydrogen) atoms. The minimum atomic E-state index is 0.183. The van der Waals surface area contributed by atoms with Crippen LogP contribution >= 0.6 is 0 Å². The van der Waals surface area contributed by atoms with Crippen molar-refractivity contribution in [1.82, 2.24) is 4.98 Å². The molecule has 86 valence electrons. The number of hydrogen-bond acceptors (Lipinski definition) is 5. The zero-order valence-electron chi connectivity index (χ0n) is 9.27. The number of hydrogen-bond donors (Lipinski definition) is 3. The summed E-state index contributed by atoms with van der Waals surface area (Å²) < 4.78 is 0. The Morgan fingerprint density at radius 1 is 1.69 bits per heavy atom. The third-order valence-electron chi connectivity index (χ3n) is 2.22. The van der Waals surface area contributed by atoms with Crippen molar-refractivity contribution < 1.29 is 5.11 Å². The Balaban J connectivity index is 2.64. The molecule has 0 spiro atoms. The average molecular weight is 220 g/mol. The SMILES string of the molecule is CC(CCCO)Nc1ncc(C#N)cc1N. The van der Waals surface area contributed by atoms with Crippen molar-refractivity contribution in [2.45, 2.75) is 25.8 Å². The van der Waals surface area contributed by atoms with E-state index < -0.39 is 0 Å². The summed E-state index contributed by atoms with van der Waals surface area (Å²) in [6.07, 6.45) is 3.07. The van der Waals surface area contributed by atoms with Gasteiger partial charge in [-0.15, -0.1) is 0 Å². The fourth-order valence-corrected chi connectivity index (χ4v) is 1.37. The third-order valence-corrected chi connectivity index (χ3v) is 2.22. The van der Waals surface area contributed by atoms with Gasteiger partial charge in [0.05, 0.1) is 11.3 Å². The maximum Gasteiger partial charge on any atom is 0.149 e. The lowest BCUT2D eigenvalue weighted by atomic mass is 10.2. The number of nitrogens with one attached hydrogen (secondary N) is 1. The summed E-state index contributed by atoms with van der Waals surface area (Å²) in [6.45, 7) is 2.18. The molecule has 0 aliphatic rings. The number of rotatable bonds is 5. The molecule has 0 saturated heterocycles. The topological polar surface area (TPSA) is 95.0 Å². The van der Waals surface area contributed by atoms with E-state index in [1.54, 1.807) is 6.07 Å². The van der Waals surface area contributed by atoms with Crippen LogP contribution < -0.4 is 11.1 Å². The van der Waals surface area contributed by atoms with Crippen LogP contribution in [0.2, 0.25) is 0 Å². The van der Waals surface area contributed by atoms with Crippen molar-refractivity contribution in [1.29, 1.82) is 5.26 Å². The van der Waals surface area contributed by atoms with Crippen LogP contribution in [-0.2, 0) is 0 Å². The maximum absolute atomic E-state index is 8.70. The second-order valence-corrected chi connectivity index (χ2v) is 3.68. The summed E-state index contributed by atoms with van der Waals surface area (Å²) in [7, 11) is 0. The molecule has 0 aliphatic carbocycles. The van der Waals surface area contributed by atoms with Gasteiger partial charge in [-0.3, -0.25) is 0 Å². The highest BCUT2D eigenvalue weighted by atomic mass is 16.2. The van der Waals surface area contributed by atoms with Crippen LogP contribution in [0.1, 0.15) is 25.3 Å². The van der Waals surface area contributed by atoms with Gasteiger partial charge in [0, 0.05) is 18.8 Å². The Morgan fingerprint density at radius 2 is 2.44 bits per heavy atom. The molecule has 0 aromatic carbocycles. The van der Waals surface area contributed by atoms with E-state index in [1.165, 1.54) is 6.20 Å². The smallest absolute Gasteiger partial charge is 0.149 e. The van der Waals surface area contributed by atoms with Crippen molar-refractivity contribution in [2.75, 3.05) is 17.7 Å². The minimum absolute atomic E-state index is 0.183.